The van der Waals surface area contributed by atoms with E-state index in [-0.39, 0.29) is 23.9 Å². The average Bonchev–Trinajstić information content (AvgIpc) is 3.26. The molecule has 3 aromatic rings. The topological polar surface area (TPSA) is 95.8 Å². The van der Waals surface area contributed by atoms with E-state index in [1.807, 2.05) is 38.1 Å². The third kappa shape index (κ3) is 3.33. The zero-order valence-electron chi connectivity index (χ0n) is 15.1. The van der Waals surface area contributed by atoms with Gasteiger partial charge in [-0.25, -0.2) is 4.79 Å². The van der Waals surface area contributed by atoms with E-state index in [2.05, 4.69) is 4.98 Å². The van der Waals surface area contributed by atoms with Gasteiger partial charge >= 0.3 is 5.97 Å². The van der Waals surface area contributed by atoms with Crippen molar-refractivity contribution in [1.29, 1.82) is 0 Å². The molecular formula is C20H20N2O5. The maximum absolute atomic E-state index is 12.8. The van der Waals surface area contributed by atoms with Crippen LogP contribution in [0.5, 0.6) is 0 Å². The fraction of sp³-hybridized carbons (Fsp3) is 0.300. The zero-order valence-corrected chi connectivity index (χ0v) is 15.1. The van der Waals surface area contributed by atoms with Gasteiger partial charge in [-0.1, -0.05) is 12.1 Å². The Hall–Kier alpha value is -3.06. The number of rotatable bonds is 3. The molecule has 1 fully saturated rings. The Morgan fingerprint density at radius 3 is 2.52 bits per heavy atom. The monoisotopic (exact) mass is 368 g/mol. The molecular weight excluding hydrogens is 348 g/mol. The largest absolute Gasteiger partial charge is 0.475 e. The van der Waals surface area contributed by atoms with Crippen LogP contribution in [0.25, 0.3) is 22.2 Å². The zero-order chi connectivity index (χ0) is 19.1. The summed E-state index contributed by atoms with van der Waals surface area (Å²) in [6.07, 6.45) is 0.0205. The summed E-state index contributed by atoms with van der Waals surface area (Å²) in [4.78, 5) is 28.8. The summed E-state index contributed by atoms with van der Waals surface area (Å²) in [6.45, 7) is 5.05. The number of H-pyrrole nitrogens is 1. The number of nitrogens with zero attached hydrogens (tertiary/aromatic N) is 1. The van der Waals surface area contributed by atoms with Crippen molar-refractivity contribution in [3.05, 3.63) is 47.9 Å². The van der Waals surface area contributed by atoms with Crippen LogP contribution in [-0.4, -0.2) is 52.2 Å². The molecule has 0 bridgehead atoms. The van der Waals surface area contributed by atoms with Crippen molar-refractivity contribution in [1.82, 2.24) is 9.88 Å². The highest BCUT2D eigenvalue weighted by Crippen LogP contribution is 2.27. The molecule has 1 amide bonds. The number of hydrogen-bond acceptors (Lipinski definition) is 4. The number of morpholine rings is 1. The normalized spacial score (nSPS) is 20.1. The van der Waals surface area contributed by atoms with Crippen molar-refractivity contribution >= 4 is 22.8 Å². The summed E-state index contributed by atoms with van der Waals surface area (Å²) in [7, 11) is 0. The molecule has 1 aliphatic heterocycles. The molecule has 2 unspecified atom stereocenters. The van der Waals surface area contributed by atoms with Crippen LogP contribution in [0.1, 0.15) is 34.9 Å². The summed E-state index contributed by atoms with van der Waals surface area (Å²) in [5.74, 6) is -0.805. The number of hydrogen-bond donors (Lipinski definition) is 2. The van der Waals surface area contributed by atoms with Gasteiger partial charge in [-0.3, -0.25) is 4.79 Å². The van der Waals surface area contributed by atoms with Crippen molar-refractivity contribution in [3.63, 3.8) is 0 Å². The first-order valence-corrected chi connectivity index (χ1v) is 8.81. The first-order valence-electron chi connectivity index (χ1n) is 8.81. The molecule has 7 nitrogen and oxygen atoms in total. The van der Waals surface area contributed by atoms with Gasteiger partial charge in [0, 0.05) is 29.6 Å². The van der Waals surface area contributed by atoms with Crippen LogP contribution < -0.4 is 0 Å². The highest BCUT2D eigenvalue weighted by Gasteiger charge is 2.27. The van der Waals surface area contributed by atoms with Crippen molar-refractivity contribution < 1.29 is 23.8 Å². The van der Waals surface area contributed by atoms with Crippen LogP contribution >= 0.6 is 0 Å². The SMILES string of the molecule is CC1CN(C(=O)c2cc3ccc(-c4ccc(C(=O)O)o4)cc3[nH]2)CC(C)O1. The lowest BCUT2D eigenvalue weighted by molar-refractivity contribution is -0.0587. The van der Waals surface area contributed by atoms with Crippen molar-refractivity contribution in [2.75, 3.05) is 13.1 Å². The van der Waals surface area contributed by atoms with Gasteiger partial charge in [0.2, 0.25) is 5.76 Å². The number of fused-ring (bicyclic) bond motifs is 1. The summed E-state index contributed by atoms with van der Waals surface area (Å²) >= 11 is 0. The van der Waals surface area contributed by atoms with Gasteiger partial charge in [-0.2, -0.15) is 0 Å². The molecule has 3 heterocycles. The van der Waals surface area contributed by atoms with E-state index in [4.69, 9.17) is 14.3 Å². The number of aromatic carboxylic acids is 1. The van der Waals surface area contributed by atoms with E-state index in [1.54, 1.807) is 11.0 Å². The van der Waals surface area contributed by atoms with Crippen LogP contribution in [0.15, 0.2) is 40.8 Å². The van der Waals surface area contributed by atoms with Gasteiger partial charge in [-0.05, 0) is 38.1 Å². The van der Waals surface area contributed by atoms with E-state index in [0.29, 0.717) is 24.5 Å². The highest BCUT2D eigenvalue weighted by molar-refractivity contribution is 5.99. The lowest BCUT2D eigenvalue weighted by Gasteiger charge is -2.35. The molecule has 27 heavy (non-hydrogen) atoms. The van der Waals surface area contributed by atoms with E-state index in [1.165, 1.54) is 6.07 Å². The van der Waals surface area contributed by atoms with Crippen LogP contribution in [0.3, 0.4) is 0 Å². The van der Waals surface area contributed by atoms with E-state index < -0.39 is 5.97 Å². The Morgan fingerprint density at radius 1 is 1.11 bits per heavy atom. The molecule has 0 radical (unpaired) electrons. The van der Waals surface area contributed by atoms with E-state index >= 15 is 0 Å². The number of carboxylic acids is 1. The molecule has 0 aliphatic carbocycles. The number of aromatic amines is 1. The summed E-state index contributed by atoms with van der Waals surface area (Å²) < 4.78 is 11.0. The van der Waals surface area contributed by atoms with Crippen LogP contribution in [-0.2, 0) is 4.74 Å². The molecule has 0 spiro atoms. The molecule has 2 N–H and O–H groups in total. The molecule has 2 atom stereocenters. The van der Waals surface area contributed by atoms with Crippen molar-refractivity contribution in [2.45, 2.75) is 26.1 Å². The third-order valence-electron chi connectivity index (χ3n) is 4.66. The lowest BCUT2D eigenvalue weighted by Crippen LogP contribution is -2.48. The predicted molar refractivity (Wildman–Crippen MR) is 98.9 cm³/mol. The van der Waals surface area contributed by atoms with Gasteiger partial charge in [0.25, 0.3) is 5.91 Å². The van der Waals surface area contributed by atoms with Crippen molar-refractivity contribution in [2.24, 2.45) is 0 Å². The summed E-state index contributed by atoms with van der Waals surface area (Å²) in [5.41, 5.74) is 2.05. The highest BCUT2D eigenvalue weighted by atomic mass is 16.5. The minimum absolute atomic E-state index is 0.0102. The lowest BCUT2D eigenvalue weighted by atomic mass is 10.1. The fourth-order valence-electron chi connectivity index (χ4n) is 3.52. The van der Waals surface area contributed by atoms with Crippen molar-refractivity contribution in [3.8, 4) is 11.3 Å². The fourth-order valence-corrected chi connectivity index (χ4v) is 3.52. The molecule has 2 aromatic heterocycles. The number of benzene rings is 1. The maximum atomic E-state index is 12.8. The Balaban J connectivity index is 1.62. The molecule has 4 rings (SSSR count). The number of amides is 1. The summed E-state index contributed by atoms with van der Waals surface area (Å²) in [5, 5.41) is 9.90. The van der Waals surface area contributed by atoms with E-state index in [0.717, 1.165) is 16.5 Å². The molecule has 0 saturated carbocycles. The second-order valence-electron chi connectivity index (χ2n) is 6.92. The Bertz CT molecular complexity index is 1010. The van der Waals surface area contributed by atoms with Gasteiger partial charge in [0.05, 0.1) is 12.2 Å². The number of carbonyl (C=O) groups is 2. The standard InChI is InChI=1S/C20H20N2O5/c1-11-9-22(10-12(2)26-11)19(23)16-7-13-3-4-14(8-15(13)21-16)17-5-6-18(27-17)20(24)25/h3-8,11-12,21H,9-10H2,1-2H3,(H,24,25). The number of carboxylic acid groups (broad SMARTS) is 1. The molecule has 7 heteroatoms. The number of carbonyl (C=O) groups excluding carboxylic acids is 1. The minimum atomic E-state index is -1.11. The Morgan fingerprint density at radius 2 is 1.85 bits per heavy atom. The third-order valence-corrected chi connectivity index (χ3v) is 4.66. The number of aromatic nitrogens is 1. The quantitative estimate of drug-likeness (QED) is 0.739. The molecule has 1 saturated heterocycles. The predicted octanol–water partition coefficient (Wildman–Crippen LogP) is 3.38. The molecule has 140 valence electrons. The van der Waals surface area contributed by atoms with Gasteiger partial charge in [0.1, 0.15) is 11.5 Å². The van der Waals surface area contributed by atoms with Crippen LogP contribution in [0.4, 0.5) is 0 Å². The summed E-state index contributed by atoms with van der Waals surface area (Å²) in [6, 6.07) is 10.4. The molecule has 1 aliphatic rings. The van der Waals surface area contributed by atoms with Crippen LogP contribution in [0, 0.1) is 0 Å². The number of ether oxygens (including phenoxy) is 1. The smallest absolute Gasteiger partial charge is 0.371 e. The average molecular weight is 368 g/mol. The Labute approximate surface area is 155 Å². The second-order valence-corrected chi connectivity index (χ2v) is 6.92. The van der Waals surface area contributed by atoms with E-state index in [9.17, 15) is 9.59 Å². The van der Waals surface area contributed by atoms with Gasteiger partial charge in [-0.15, -0.1) is 0 Å². The van der Waals surface area contributed by atoms with Crippen LogP contribution in [0.2, 0.25) is 0 Å². The Kier molecular flexibility index (Phi) is 4.24. The van der Waals surface area contributed by atoms with Gasteiger partial charge in [0.15, 0.2) is 0 Å². The number of nitrogens with one attached hydrogen (secondary N) is 1. The van der Waals surface area contributed by atoms with Gasteiger partial charge < -0.3 is 24.1 Å². The molecule has 1 aromatic carbocycles. The minimum Gasteiger partial charge on any atom is -0.475 e. The first-order chi connectivity index (χ1) is 12.9. The number of furan rings is 1. The maximum Gasteiger partial charge on any atom is 0.371 e. The first kappa shape index (κ1) is 17.4. The second kappa shape index (κ2) is 6.59.